The summed E-state index contributed by atoms with van der Waals surface area (Å²) in [4.78, 5) is 0. The minimum Gasteiger partial charge on any atom is -0.482 e. The Hall–Kier alpha value is -0.443. The molecule has 0 aliphatic heterocycles. The number of hydrogen-bond acceptors (Lipinski definition) is 2. The normalized spacial score (nSPS) is 13.6. The van der Waals surface area contributed by atoms with Gasteiger partial charge in [0.05, 0.1) is 15.2 Å². The average Bonchev–Trinajstić information content (AvgIpc) is 1.62. The highest BCUT2D eigenvalue weighted by molar-refractivity contribution is 6.81. The van der Waals surface area contributed by atoms with Crippen LogP contribution in [0.3, 0.4) is 0 Å². The zero-order valence-electron chi connectivity index (χ0n) is 6.43. The van der Waals surface area contributed by atoms with Crippen LogP contribution >= 0.6 is 0 Å². The van der Waals surface area contributed by atoms with Crippen molar-refractivity contribution in [1.29, 1.82) is 0 Å². The van der Waals surface area contributed by atoms with E-state index in [2.05, 4.69) is 24.4 Å². The van der Waals surface area contributed by atoms with Crippen molar-refractivity contribution < 1.29 is 9.84 Å². The van der Waals surface area contributed by atoms with Crippen molar-refractivity contribution in [1.82, 2.24) is 0 Å². The molecular formula is C6H14O2Si. The van der Waals surface area contributed by atoms with Crippen LogP contribution in [0.5, 0.6) is 0 Å². The molecule has 1 N–H and O–H groups in total. The second-order valence-electron chi connectivity index (χ2n) is 3.05. The Bertz CT molecular complexity index is 113. The average molecular weight is 146 g/mol. The number of hydrogen-bond donors (Lipinski definition) is 1. The van der Waals surface area contributed by atoms with Crippen LogP contribution < -0.4 is 0 Å². The van der Waals surface area contributed by atoms with Crippen molar-refractivity contribution >= 4 is 8.07 Å². The van der Waals surface area contributed by atoms with E-state index in [-0.39, 0.29) is 5.95 Å². The van der Waals surface area contributed by atoms with Gasteiger partial charge in [-0.15, -0.1) is 0 Å². The molecule has 0 radical (unpaired) electrons. The van der Waals surface area contributed by atoms with Crippen molar-refractivity contribution in [2.24, 2.45) is 0 Å². The molecule has 54 valence electrons. The lowest BCUT2D eigenvalue weighted by Gasteiger charge is -2.08. The summed E-state index contributed by atoms with van der Waals surface area (Å²) < 4.78 is 4.58. The first kappa shape index (κ1) is 8.56. The molecule has 9 heavy (non-hydrogen) atoms. The van der Waals surface area contributed by atoms with E-state index in [0.29, 0.717) is 0 Å². The molecule has 0 aliphatic carbocycles. The van der Waals surface area contributed by atoms with E-state index >= 15 is 0 Å². The molecule has 2 nitrogen and oxygen atoms in total. The number of methoxy groups -OCH3 is 1. The molecule has 0 aromatic carbocycles. The van der Waals surface area contributed by atoms with Crippen LogP contribution in [0.2, 0.25) is 19.6 Å². The molecule has 0 saturated carbocycles. The standard InChI is InChI=1S/C6H14O2Si/c1-8-6(7)5-9(2,3)4/h5,7H,1-4H3. The molecule has 0 heterocycles. The van der Waals surface area contributed by atoms with Crippen LogP contribution in [0.4, 0.5) is 0 Å². The molecule has 0 fully saturated rings. The molecule has 0 rings (SSSR count). The first-order valence-electron chi connectivity index (χ1n) is 2.91. The van der Waals surface area contributed by atoms with E-state index in [9.17, 15) is 0 Å². The molecule has 0 unspecified atom stereocenters. The first-order valence-corrected chi connectivity index (χ1v) is 6.49. The predicted molar refractivity (Wildman–Crippen MR) is 41.1 cm³/mol. The van der Waals surface area contributed by atoms with Gasteiger partial charge >= 0.3 is 0 Å². The van der Waals surface area contributed by atoms with Gasteiger partial charge in [-0.05, 0) is 5.70 Å². The fourth-order valence-electron chi connectivity index (χ4n) is 0.429. The Morgan fingerprint density at radius 2 is 1.89 bits per heavy atom. The SMILES string of the molecule is COC(O)=C[Si](C)(C)C. The molecule has 0 saturated heterocycles. The quantitative estimate of drug-likeness (QED) is 0.476. The molecule has 3 heteroatoms. The Kier molecular flexibility index (Phi) is 2.77. The molecule has 0 aliphatic rings. The number of rotatable bonds is 2. The molecular weight excluding hydrogens is 132 g/mol. The van der Waals surface area contributed by atoms with Crippen LogP contribution in [-0.2, 0) is 4.74 Å². The fourth-order valence-corrected chi connectivity index (χ4v) is 1.29. The van der Waals surface area contributed by atoms with Crippen LogP contribution in [0.25, 0.3) is 0 Å². The molecule has 0 aromatic heterocycles. The zero-order valence-corrected chi connectivity index (χ0v) is 7.43. The summed E-state index contributed by atoms with van der Waals surface area (Å²) in [5, 5.41) is 8.87. The maximum absolute atomic E-state index is 8.87. The van der Waals surface area contributed by atoms with Crippen molar-refractivity contribution in [2.75, 3.05) is 7.11 Å². The number of aliphatic hydroxyl groups excluding tert-OH is 1. The van der Waals surface area contributed by atoms with E-state index in [4.69, 9.17) is 5.11 Å². The second-order valence-corrected chi connectivity index (χ2v) is 8.07. The summed E-state index contributed by atoms with van der Waals surface area (Å²) in [6.07, 6.45) is 0. The third-order valence-electron chi connectivity index (χ3n) is 0.766. The van der Waals surface area contributed by atoms with E-state index < -0.39 is 8.07 Å². The van der Waals surface area contributed by atoms with Gasteiger partial charge < -0.3 is 9.84 Å². The highest BCUT2D eigenvalue weighted by atomic mass is 28.3. The van der Waals surface area contributed by atoms with E-state index in [0.717, 1.165) is 0 Å². The summed E-state index contributed by atoms with van der Waals surface area (Å²) in [7, 11) is 0.186. The van der Waals surface area contributed by atoms with Gasteiger partial charge in [0, 0.05) is 0 Å². The van der Waals surface area contributed by atoms with E-state index in [1.807, 2.05) is 0 Å². The van der Waals surface area contributed by atoms with Gasteiger partial charge in [0.2, 0.25) is 0 Å². The maximum atomic E-state index is 8.87. The van der Waals surface area contributed by atoms with Crippen LogP contribution in [-0.4, -0.2) is 20.3 Å². The highest BCUT2D eigenvalue weighted by Gasteiger charge is 2.10. The minimum atomic E-state index is -1.28. The molecule has 0 bridgehead atoms. The van der Waals surface area contributed by atoms with Gasteiger partial charge in [-0.25, -0.2) is 0 Å². The van der Waals surface area contributed by atoms with Crippen LogP contribution in [0.1, 0.15) is 0 Å². The molecule has 0 amide bonds. The van der Waals surface area contributed by atoms with Gasteiger partial charge in [0.1, 0.15) is 0 Å². The third-order valence-corrected chi connectivity index (χ3v) is 1.88. The molecule has 0 aromatic rings. The van der Waals surface area contributed by atoms with Crippen molar-refractivity contribution in [3.05, 3.63) is 11.6 Å². The topological polar surface area (TPSA) is 29.5 Å². The molecule has 0 atom stereocenters. The Labute approximate surface area is 57.2 Å². The summed E-state index contributed by atoms with van der Waals surface area (Å²) in [6.45, 7) is 6.38. The van der Waals surface area contributed by atoms with Crippen LogP contribution in [0.15, 0.2) is 11.6 Å². The molecule has 0 spiro atoms. The van der Waals surface area contributed by atoms with Gasteiger partial charge in [0.25, 0.3) is 5.95 Å². The maximum Gasteiger partial charge on any atom is 0.267 e. The monoisotopic (exact) mass is 146 g/mol. The van der Waals surface area contributed by atoms with Gasteiger partial charge in [0.15, 0.2) is 0 Å². The third kappa shape index (κ3) is 5.43. The lowest BCUT2D eigenvalue weighted by Crippen LogP contribution is -2.17. The Morgan fingerprint density at radius 1 is 1.44 bits per heavy atom. The summed E-state index contributed by atoms with van der Waals surface area (Å²) >= 11 is 0. The largest absolute Gasteiger partial charge is 0.482 e. The lowest BCUT2D eigenvalue weighted by molar-refractivity contribution is 0.137. The van der Waals surface area contributed by atoms with Gasteiger partial charge in [-0.2, -0.15) is 0 Å². The lowest BCUT2D eigenvalue weighted by atomic mass is 11.0. The summed E-state index contributed by atoms with van der Waals surface area (Å²) in [6, 6.07) is 0. The van der Waals surface area contributed by atoms with Crippen molar-refractivity contribution in [2.45, 2.75) is 19.6 Å². The Morgan fingerprint density at radius 3 is 2.00 bits per heavy atom. The number of ether oxygens (including phenoxy) is 1. The number of aliphatic hydroxyl groups is 1. The smallest absolute Gasteiger partial charge is 0.267 e. The second kappa shape index (κ2) is 2.92. The zero-order chi connectivity index (χ0) is 7.49. The fraction of sp³-hybridized carbons (Fsp3) is 0.667. The van der Waals surface area contributed by atoms with E-state index in [1.165, 1.54) is 7.11 Å². The van der Waals surface area contributed by atoms with Gasteiger partial charge in [-0.1, -0.05) is 19.6 Å². The highest BCUT2D eigenvalue weighted by Crippen LogP contribution is 2.04. The van der Waals surface area contributed by atoms with Gasteiger partial charge in [-0.3, -0.25) is 0 Å². The predicted octanol–water partition coefficient (Wildman–Crippen LogP) is 1.91. The van der Waals surface area contributed by atoms with Crippen molar-refractivity contribution in [3.8, 4) is 0 Å². The van der Waals surface area contributed by atoms with Crippen LogP contribution in [0, 0.1) is 0 Å². The summed E-state index contributed by atoms with van der Waals surface area (Å²) in [5.41, 5.74) is 1.80. The minimum absolute atomic E-state index is 0.0502. The summed E-state index contributed by atoms with van der Waals surface area (Å²) in [5.74, 6) is 0.0502. The Balaban J connectivity index is 3.95. The van der Waals surface area contributed by atoms with E-state index in [1.54, 1.807) is 5.70 Å². The van der Waals surface area contributed by atoms with Crippen molar-refractivity contribution in [3.63, 3.8) is 0 Å². The first-order chi connectivity index (χ1) is 3.95.